The molecule has 0 bridgehead atoms. The molecule has 0 aliphatic heterocycles. The number of nitrogen functional groups attached to an aromatic ring is 1. The summed E-state index contributed by atoms with van der Waals surface area (Å²) in [7, 11) is 3.96. The standard InChI is InChI=1S/C20H21N3O2/c1-23(2)18-10-6-4-8-14(18)12-16-15-9-5-3-7-13(15)11-17(19(16)24)20(25)22-21/h3-11,24H,12,21H2,1-2H3,(H,22,25). The van der Waals surface area contributed by atoms with E-state index in [0.29, 0.717) is 12.0 Å². The molecule has 0 aliphatic rings. The number of aromatic hydroxyl groups is 1. The fraction of sp³-hybridized carbons (Fsp3) is 0.150. The number of para-hydroxylation sites is 1. The molecule has 3 rings (SSSR count). The molecule has 0 unspecified atom stereocenters. The molecule has 0 fully saturated rings. The zero-order valence-electron chi connectivity index (χ0n) is 14.3. The van der Waals surface area contributed by atoms with Gasteiger partial charge in [-0.1, -0.05) is 42.5 Å². The average Bonchev–Trinajstić information content (AvgIpc) is 2.63. The van der Waals surface area contributed by atoms with Crippen LogP contribution in [0.1, 0.15) is 21.5 Å². The first kappa shape index (κ1) is 16.8. The minimum atomic E-state index is -0.509. The summed E-state index contributed by atoms with van der Waals surface area (Å²) in [6.07, 6.45) is 0.506. The summed E-state index contributed by atoms with van der Waals surface area (Å²) in [5.74, 6) is 4.73. The molecule has 1 amide bonds. The topological polar surface area (TPSA) is 78.6 Å². The number of fused-ring (bicyclic) bond motifs is 1. The Labute approximate surface area is 146 Å². The lowest BCUT2D eigenvalue weighted by Gasteiger charge is -2.19. The van der Waals surface area contributed by atoms with Gasteiger partial charge in [-0.25, -0.2) is 5.84 Å². The van der Waals surface area contributed by atoms with Gasteiger partial charge in [0.05, 0.1) is 5.56 Å². The maximum Gasteiger partial charge on any atom is 0.268 e. The number of carbonyl (C=O) groups excluding carboxylic acids is 1. The number of benzene rings is 3. The number of carbonyl (C=O) groups is 1. The highest BCUT2D eigenvalue weighted by molar-refractivity contribution is 6.03. The summed E-state index contributed by atoms with van der Waals surface area (Å²) in [6.45, 7) is 0. The highest BCUT2D eigenvalue weighted by Crippen LogP contribution is 2.34. The Hall–Kier alpha value is -3.05. The largest absolute Gasteiger partial charge is 0.507 e. The second-order valence-corrected chi connectivity index (χ2v) is 6.15. The van der Waals surface area contributed by atoms with Gasteiger partial charge in [-0.3, -0.25) is 10.2 Å². The van der Waals surface area contributed by atoms with Crippen molar-refractivity contribution in [1.82, 2.24) is 5.43 Å². The number of hydrazine groups is 1. The van der Waals surface area contributed by atoms with Crippen molar-refractivity contribution in [3.05, 3.63) is 71.3 Å². The van der Waals surface area contributed by atoms with Crippen LogP contribution in [-0.2, 0) is 6.42 Å². The summed E-state index contributed by atoms with van der Waals surface area (Å²) in [5.41, 5.74) is 5.13. The summed E-state index contributed by atoms with van der Waals surface area (Å²) >= 11 is 0. The maximum atomic E-state index is 12.1. The van der Waals surface area contributed by atoms with Gasteiger partial charge in [0.2, 0.25) is 0 Å². The zero-order valence-corrected chi connectivity index (χ0v) is 14.3. The number of nitrogens with one attached hydrogen (secondary N) is 1. The number of amides is 1. The van der Waals surface area contributed by atoms with E-state index in [-0.39, 0.29) is 11.3 Å². The van der Waals surface area contributed by atoms with Crippen molar-refractivity contribution < 1.29 is 9.90 Å². The van der Waals surface area contributed by atoms with Gasteiger partial charge in [-0.05, 0) is 28.5 Å². The Balaban J connectivity index is 2.22. The second kappa shape index (κ2) is 6.83. The minimum absolute atomic E-state index is 0.0322. The van der Waals surface area contributed by atoms with Crippen molar-refractivity contribution >= 4 is 22.4 Å². The van der Waals surface area contributed by atoms with Crippen molar-refractivity contribution in [3.63, 3.8) is 0 Å². The molecule has 0 aromatic heterocycles. The first-order valence-corrected chi connectivity index (χ1v) is 8.02. The molecular formula is C20H21N3O2. The summed E-state index contributed by atoms with van der Waals surface area (Å²) < 4.78 is 0. The quantitative estimate of drug-likeness (QED) is 0.389. The SMILES string of the molecule is CN(C)c1ccccc1Cc1c(O)c(C(=O)NN)cc2ccccc12. The molecule has 0 saturated carbocycles. The third-order valence-corrected chi connectivity index (χ3v) is 4.34. The summed E-state index contributed by atoms with van der Waals surface area (Å²) in [6, 6.07) is 17.4. The number of anilines is 1. The predicted molar refractivity (Wildman–Crippen MR) is 101 cm³/mol. The Morgan fingerprint density at radius 3 is 2.52 bits per heavy atom. The van der Waals surface area contributed by atoms with Crippen molar-refractivity contribution in [2.24, 2.45) is 5.84 Å². The van der Waals surface area contributed by atoms with Crippen LogP contribution in [0.4, 0.5) is 5.69 Å². The van der Waals surface area contributed by atoms with E-state index in [2.05, 4.69) is 5.43 Å². The molecule has 4 N–H and O–H groups in total. The smallest absolute Gasteiger partial charge is 0.268 e. The lowest BCUT2D eigenvalue weighted by Crippen LogP contribution is -2.30. The van der Waals surface area contributed by atoms with E-state index in [4.69, 9.17) is 5.84 Å². The van der Waals surface area contributed by atoms with Crippen LogP contribution in [0.5, 0.6) is 5.75 Å². The Kier molecular flexibility index (Phi) is 4.59. The number of phenolic OH excluding ortho intramolecular Hbond substituents is 1. The van der Waals surface area contributed by atoms with Gasteiger partial charge in [0.25, 0.3) is 5.91 Å². The van der Waals surface area contributed by atoms with Crippen LogP contribution in [-0.4, -0.2) is 25.1 Å². The number of hydrogen-bond donors (Lipinski definition) is 3. The number of rotatable bonds is 4. The fourth-order valence-corrected chi connectivity index (χ4v) is 3.13. The van der Waals surface area contributed by atoms with E-state index in [0.717, 1.165) is 22.0 Å². The third kappa shape index (κ3) is 3.14. The molecule has 5 nitrogen and oxygen atoms in total. The highest BCUT2D eigenvalue weighted by Gasteiger charge is 2.18. The van der Waals surface area contributed by atoms with Crippen LogP contribution in [0.3, 0.4) is 0 Å². The second-order valence-electron chi connectivity index (χ2n) is 6.15. The van der Waals surface area contributed by atoms with E-state index in [1.807, 2.05) is 67.5 Å². The van der Waals surface area contributed by atoms with Crippen LogP contribution in [0.15, 0.2) is 54.6 Å². The molecule has 128 valence electrons. The van der Waals surface area contributed by atoms with Crippen molar-refractivity contribution in [2.75, 3.05) is 19.0 Å². The average molecular weight is 335 g/mol. The number of nitrogens with zero attached hydrogens (tertiary/aromatic N) is 1. The molecular weight excluding hydrogens is 314 g/mol. The summed E-state index contributed by atoms with van der Waals surface area (Å²) in [5, 5.41) is 12.6. The van der Waals surface area contributed by atoms with Gasteiger partial charge in [0, 0.05) is 31.8 Å². The fourth-order valence-electron chi connectivity index (χ4n) is 3.13. The number of phenols is 1. The van der Waals surface area contributed by atoms with Crippen LogP contribution in [0, 0.1) is 0 Å². The van der Waals surface area contributed by atoms with Crippen LogP contribution in [0.25, 0.3) is 10.8 Å². The molecule has 5 heteroatoms. The molecule has 0 radical (unpaired) electrons. The monoisotopic (exact) mass is 335 g/mol. The molecule has 25 heavy (non-hydrogen) atoms. The molecule has 0 aliphatic carbocycles. The molecule has 0 atom stereocenters. The predicted octanol–water partition coefficient (Wildman–Crippen LogP) is 2.81. The van der Waals surface area contributed by atoms with Crippen LogP contribution < -0.4 is 16.2 Å². The van der Waals surface area contributed by atoms with Gasteiger partial charge in [-0.2, -0.15) is 0 Å². The van der Waals surface area contributed by atoms with Crippen molar-refractivity contribution in [3.8, 4) is 5.75 Å². The number of hydrogen-bond acceptors (Lipinski definition) is 4. The van der Waals surface area contributed by atoms with Gasteiger partial charge < -0.3 is 10.0 Å². The van der Waals surface area contributed by atoms with Gasteiger partial charge in [0.1, 0.15) is 5.75 Å². The van der Waals surface area contributed by atoms with E-state index < -0.39 is 5.91 Å². The third-order valence-electron chi connectivity index (χ3n) is 4.34. The normalized spacial score (nSPS) is 10.7. The first-order valence-electron chi connectivity index (χ1n) is 8.02. The maximum absolute atomic E-state index is 12.1. The number of nitrogens with two attached hydrogens (primary N) is 1. The van der Waals surface area contributed by atoms with E-state index in [1.54, 1.807) is 6.07 Å². The van der Waals surface area contributed by atoms with E-state index in [9.17, 15) is 9.90 Å². The van der Waals surface area contributed by atoms with Gasteiger partial charge in [-0.15, -0.1) is 0 Å². The van der Waals surface area contributed by atoms with E-state index >= 15 is 0 Å². The first-order chi connectivity index (χ1) is 12.0. The summed E-state index contributed by atoms with van der Waals surface area (Å²) in [4.78, 5) is 14.1. The minimum Gasteiger partial charge on any atom is -0.507 e. The van der Waals surface area contributed by atoms with E-state index in [1.165, 1.54) is 0 Å². The molecule has 0 spiro atoms. The van der Waals surface area contributed by atoms with Gasteiger partial charge in [0.15, 0.2) is 0 Å². The molecule has 0 saturated heterocycles. The Morgan fingerprint density at radius 1 is 1.12 bits per heavy atom. The molecule has 0 heterocycles. The molecule has 3 aromatic carbocycles. The van der Waals surface area contributed by atoms with Crippen LogP contribution in [0.2, 0.25) is 0 Å². The highest BCUT2D eigenvalue weighted by atomic mass is 16.3. The zero-order chi connectivity index (χ0) is 18.0. The Bertz CT molecular complexity index is 935. The van der Waals surface area contributed by atoms with Crippen LogP contribution >= 0.6 is 0 Å². The van der Waals surface area contributed by atoms with Crippen molar-refractivity contribution in [2.45, 2.75) is 6.42 Å². The van der Waals surface area contributed by atoms with Gasteiger partial charge >= 0.3 is 0 Å². The Morgan fingerprint density at radius 2 is 1.80 bits per heavy atom. The van der Waals surface area contributed by atoms with Crippen molar-refractivity contribution in [1.29, 1.82) is 0 Å². The molecule has 3 aromatic rings. The lowest BCUT2D eigenvalue weighted by atomic mass is 9.93. The lowest BCUT2D eigenvalue weighted by molar-refractivity contribution is 0.0951.